The largest absolute Gasteiger partial charge is 0.530 e. The van der Waals surface area contributed by atoms with Gasteiger partial charge in [-0.1, -0.05) is 30.3 Å². The van der Waals surface area contributed by atoms with Gasteiger partial charge < -0.3 is 14.8 Å². The molecule has 0 aliphatic rings. The Labute approximate surface area is 88.1 Å². The quantitative estimate of drug-likeness (QED) is 0.756. The summed E-state index contributed by atoms with van der Waals surface area (Å²) in [4.78, 5) is 11.5. The van der Waals surface area contributed by atoms with Gasteiger partial charge in [-0.25, -0.2) is 4.39 Å². The average molecular weight is 210 g/mol. The number of rotatable bonds is 3. The first-order chi connectivity index (χ1) is 7.04. The molecule has 2 atom stereocenters. The molecule has 4 heteroatoms. The van der Waals surface area contributed by atoms with E-state index in [4.69, 9.17) is 0 Å². The Morgan fingerprint density at radius 1 is 1.40 bits per heavy atom. The molecule has 0 bridgehead atoms. The second kappa shape index (κ2) is 4.77. The Balaban J connectivity index is 2.99. The Hall–Kier alpha value is -1.58. The van der Waals surface area contributed by atoms with Crippen molar-refractivity contribution in [3.63, 3.8) is 0 Å². The summed E-state index contributed by atoms with van der Waals surface area (Å²) in [6.07, 6.45) is -2.66. The maximum Gasteiger partial charge on any atom is 0.137 e. The number of carboxylic acid groups (broad SMARTS) is 1. The first-order valence-electron chi connectivity index (χ1n) is 4.67. The van der Waals surface area contributed by atoms with Gasteiger partial charge in [0.05, 0.1) is 6.04 Å². The topological polar surface area (TPSA) is 43.4 Å². The number of benzene rings is 1. The van der Waals surface area contributed by atoms with Crippen LogP contribution in [0.3, 0.4) is 0 Å². The van der Waals surface area contributed by atoms with Gasteiger partial charge in [-0.05, 0) is 12.5 Å². The molecule has 82 valence electrons. The van der Waals surface area contributed by atoms with Crippen LogP contribution in [0.2, 0.25) is 0 Å². The predicted octanol–water partition coefficient (Wildman–Crippen LogP) is 1.36. The SMILES string of the molecule is CC(F)C(c1ccccc1)N(C)C(=O)[O-]. The van der Waals surface area contributed by atoms with E-state index in [2.05, 4.69) is 0 Å². The lowest BCUT2D eigenvalue weighted by Crippen LogP contribution is -2.43. The van der Waals surface area contributed by atoms with Crippen molar-refractivity contribution in [1.82, 2.24) is 4.90 Å². The maximum absolute atomic E-state index is 13.3. The summed E-state index contributed by atoms with van der Waals surface area (Å²) in [5.41, 5.74) is 0.624. The molecule has 1 rings (SSSR count). The molecule has 0 aliphatic heterocycles. The van der Waals surface area contributed by atoms with Crippen molar-refractivity contribution >= 4 is 6.09 Å². The Morgan fingerprint density at radius 2 is 1.93 bits per heavy atom. The van der Waals surface area contributed by atoms with Crippen molar-refractivity contribution in [3.05, 3.63) is 35.9 Å². The molecule has 1 aromatic rings. The van der Waals surface area contributed by atoms with E-state index in [9.17, 15) is 14.3 Å². The highest BCUT2D eigenvalue weighted by molar-refractivity contribution is 5.63. The van der Waals surface area contributed by atoms with Gasteiger partial charge in [0.2, 0.25) is 0 Å². The monoisotopic (exact) mass is 210 g/mol. The van der Waals surface area contributed by atoms with Crippen molar-refractivity contribution in [2.24, 2.45) is 0 Å². The van der Waals surface area contributed by atoms with E-state index in [1.165, 1.54) is 14.0 Å². The molecular formula is C11H13FNO2-. The smallest absolute Gasteiger partial charge is 0.137 e. The van der Waals surface area contributed by atoms with Crippen molar-refractivity contribution in [2.75, 3.05) is 7.05 Å². The minimum absolute atomic E-state index is 0.624. The summed E-state index contributed by atoms with van der Waals surface area (Å²) in [6.45, 7) is 1.33. The zero-order valence-electron chi connectivity index (χ0n) is 8.68. The fraction of sp³-hybridized carbons (Fsp3) is 0.364. The van der Waals surface area contributed by atoms with Gasteiger partial charge in [0.25, 0.3) is 0 Å². The fourth-order valence-corrected chi connectivity index (χ4v) is 1.56. The molecule has 1 amide bonds. The third-order valence-corrected chi connectivity index (χ3v) is 2.28. The second-order valence-corrected chi connectivity index (χ2v) is 3.41. The van der Waals surface area contributed by atoms with Crippen LogP contribution in [0.5, 0.6) is 0 Å². The molecule has 0 aromatic heterocycles. The van der Waals surface area contributed by atoms with Gasteiger partial charge in [-0.3, -0.25) is 0 Å². The number of carbonyl (C=O) groups excluding carboxylic acids is 1. The molecule has 0 aliphatic carbocycles. The molecule has 0 spiro atoms. The summed E-state index contributed by atoms with van der Waals surface area (Å²) in [7, 11) is 1.31. The summed E-state index contributed by atoms with van der Waals surface area (Å²) in [6, 6.07) is 7.86. The molecule has 0 saturated heterocycles. The molecule has 1 aromatic carbocycles. The minimum Gasteiger partial charge on any atom is -0.530 e. The van der Waals surface area contributed by atoms with Gasteiger partial charge in [0.1, 0.15) is 12.3 Å². The molecule has 0 N–H and O–H groups in total. The summed E-state index contributed by atoms with van der Waals surface area (Å²) >= 11 is 0. The van der Waals surface area contributed by atoms with E-state index in [1.807, 2.05) is 0 Å². The van der Waals surface area contributed by atoms with Crippen LogP contribution in [-0.4, -0.2) is 24.2 Å². The van der Waals surface area contributed by atoms with Gasteiger partial charge in [-0.15, -0.1) is 0 Å². The normalized spacial score (nSPS) is 14.3. The highest BCUT2D eigenvalue weighted by Gasteiger charge is 2.23. The molecule has 0 saturated carbocycles. The van der Waals surface area contributed by atoms with Gasteiger partial charge >= 0.3 is 0 Å². The van der Waals surface area contributed by atoms with Crippen LogP contribution >= 0.6 is 0 Å². The fourth-order valence-electron chi connectivity index (χ4n) is 1.56. The van der Waals surface area contributed by atoms with Crippen LogP contribution in [-0.2, 0) is 0 Å². The molecule has 3 nitrogen and oxygen atoms in total. The average Bonchev–Trinajstić information content (AvgIpc) is 2.18. The lowest BCUT2D eigenvalue weighted by Gasteiger charge is -2.31. The van der Waals surface area contributed by atoms with Crippen LogP contribution in [0.25, 0.3) is 0 Å². The van der Waals surface area contributed by atoms with E-state index in [0.717, 1.165) is 4.90 Å². The van der Waals surface area contributed by atoms with E-state index in [1.54, 1.807) is 30.3 Å². The molecule has 0 heterocycles. The number of amides is 1. The predicted molar refractivity (Wildman–Crippen MR) is 52.9 cm³/mol. The Bertz CT molecular complexity index is 327. The minimum atomic E-state index is -1.38. The van der Waals surface area contributed by atoms with E-state index < -0.39 is 18.3 Å². The van der Waals surface area contributed by atoms with E-state index >= 15 is 0 Å². The van der Waals surface area contributed by atoms with Crippen molar-refractivity contribution in [3.8, 4) is 0 Å². The third kappa shape index (κ3) is 2.68. The molecule has 2 unspecified atom stereocenters. The van der Waals surface area contributed by atoms with Crippen molar-refractivity contribution in [1.29, 1.82) is 0 Å². The Morgan fingerprint density at radius 3 is 2.33 bits per heavy atom. The number of halogens is 1. The second-order valence-electron chi connectivity index (χ2n) is 3.41. The number of carbonyl (C=O) groups is 1. The molecule has 0 radical (unpaired) electrons. The van der Waals surface area contributed by atoms with Crippen LogP contribution in [0, 0.1) is 0 Å². The van der Waals surface area contributed by atoms with Crippen LogP contribution in [0.1, 0.15) is 18.5 Å². The van der Waals surface area contributed by atoms with E-state index in [-0.39, 0.29) is 0 Å². The van der Waals surface area contributed by atoms with Crippen molar-refractivity contribution < 1.29 is 14.3 Å². The first kappa shape index (κ1) is 11.5. The van der Waals surface area contributed by atoms with Crippen LogP contribution in [0.4, 0.5) is 9.18 Å². The molecule has 15 heavy (non-hydrogen) atoms. The zero-order chi connectivity index (χ0) is 11.4. The molecule has 0 fully saturated rings. The zero-order valence-corrected chi connectivity index (χ0v) is 8.68. The lowest BCUT2D eigenvalue weighted by atomic mass is 10.0. The lowest BCUT2D eigenvalue weighted by molar-refractivity contribution is -0.267. The highest BCUT2D eigenvalue weighted by atomic mass is 19.1. The maximum atomic E-state index is 13.3. The van der Waals surface area contributed by atoms with Crippen molar-refractivity contribution in [2.45, 2.75) is 19.1 Å². The van der Waals surface area contributed by atoms with Gasteiger partial charge in [0.15, 0.2) is 0 Å². The van der Waals surface area contributed by atoms with E-state index in [0.29, 0.717) is 5.56 Å². The number of alkyl halides is 1. The number of hydrogen-bond acceptors (Lipinski definition) is 2. The van der Waals surface area contributed by atoms with Gasteiger partial charge in [0, 0.05) is 7.05 Å². The Kier molecular flexibility index (Phi) is 3.66. The third-order valence-electron chi connectivity index (χ3n) is 2.28. The summed E-state index contributed by atoms with van der Waals surface area (Å²) < 4.78 is 13.3. The summed E-state index contributed by atoms with van der Waals surface area (Å²) in [5, 5.41) is 10.7. The van der Waals surface area contributed by atoms with Crippen LogP contribution < -0.4 is 5.11 Å². The van der Waals surface area contributed by atoms with Gasteiger partial charge in [-0.2, -0.15) is 0 Å². The first-order valence-corrected chi connectivity index (χ1v) is 4.67. The summed E-state index contributed by atoms with van der Waals surface area (Å²) in [5.74, 6) is 0. The molecular weight excluding hydrogens is 197 g/mol. The number of nitrogens with zero attached hydrogens (tertiary/aromatic N) is 1. The van der Waals surface area contributed by atoms with Crippen LogP contribution in [0.15, 0.2) is 30.3 Å². The standard InChI is InChI=1S/C11H14FNO2/c1-8(12)10(13(2)11(14)15)9-6-4-3-5-7-9/h3-8,10H,1-2H3,(H,14,15)/p-1. The number of hydrogen-bond donors (Lipinski definition) is 0. The highest BCUT2D eigenvalue weighted by Crippen LogP contribution is 2.24.